The first-order valence-corrected chi connectivity index (χ1v) is 11.3. The maximum atomic E-state index is 12.4. The molecule has 0 aliphatic carbocycles. The second-order valence-corrected chi connectivity index (χ2v) is 9.13. The Balaban J connectivity index is 1.53. The van der Waals surface area contributed by atoms with Gasteiger partial charge in [0, 0.05) is 17.9 Å². The molecule has 1 amide bonds. The van der Waals surface area contributed by atoms with Crippen LogP contribution >= 0.6 is 0 Å². The van der Waals surface area contributed by atoms with E-state index in [-0.39, 0.29) is 36.4 Å². The number of phenols is 1. The second kappa shape index (κ2) is 11.5. The number of benzene rings is 2. The van der Waals surface area contributed by atoms with Gasteiger partial charge in [-0.25, -0.2) is 4.79 Å². The van der Waals surface area contributed by atoms with Crippen LogP contribution < -0.4 is 5.32 Å². The van der Waals surface area contributed by atoms with Crippen molar-refractivity contribution in [1.29, 1.82) is 0 Å². The molecule has 1 heterocycles. The van der Waals surface area contributed by atoms with E-state index in [1.807, 2.05) is 24.3 Å². The second-order valence-electron chi connectivity index (χ2n) is 9.13. The van der Waals surface area contributed by atoms with Gasteiger partial charge in [-0.15, -0.1) is 0 Å². The molecule has 1 aliphatic heterocycles. The van der Waals surface area contributed by atoms with Gasteiger partial charge in [-0.2, -0.15) is 0 Å². The number of nitrogens with zero attached hydrogens (tertiary/aromatic N) is 1. The molecule has 10 heteroatoms. The molecule has 0 aromatic heterocycles. The predicted octanol–water partition coefficient (Wildman–Crippen LogP) is 0.812. The lowest BCUT2D eigenvalue weighted by atomic mass is 9.69. The number of carbonyl (C=O) groups excluding carboxylic acids is 1. The maximum absolute atomic E-state index is 12.4. The lowest BCUT2D eigenvalue weighted by Gasteiger charge is -2.37. The number of morpholine rings is 1. The van der Waals surface area contributed by atoms with Gasteiger partial charge >= 0.3 is 13.1 Å². The van der Waals surface area contributed by atoms with Gasteiger partial charge in [0.25, 0.3) is 0 Å². The zero-order valence-electron chi connectivity index (χ0n) is 19.3. The smallest absolute Gasteiger partial charge is 0.456 e. The SMILES string of the molecule is C[N+]1(Cc2ccc(CC(=O)NC[C@@H](Cc3cccc(C(=O)O)c3O)B(O)O)cc2)CCOCC1. The van der Waals surface area contributed by atoms with E-state index >= 15 is 0 Å². The number of amides is 1. The third-order valence-corrected chi connectivity index (χ3v) is 6.32. The molecule has 2 aromatic rings. The van der Waals surface area contributed by atoms with Gasteiger partial charge in [-0.3, -0.25) is 4.79 Å². The van der Waals surface area contributed by atoms with E-state index in [0.717, 1.165) is 42.9 Å². The van der Waals surface area contributed by atoms with Gasteiger partial charge in [0.2, 0.25) is 5.91 Å². The topological polar surface area (TPSA) is 136 Å². The van der Waals surface area contributed by atoms with Crippen LogP contribution in [-0.4, -0.2) is 83.6 Å². The van der Waals surface area contributed by atoms with Crippen molar-refractivity contribution in [2.75, 3.05) is 39.9 Å². The van der Waals surface area contributed by atoms with E-state index in [2.05, 4.69) is 12.4 Å². The third kappa shape index (κ3) is 7.04. The Morgan fingerprint density at radius 2 is 1.74 bits per heavy atom. The number of aromatic carboxylic acids is 1. The molecule has 182 valence electrons. The van der Waals surface area contributed by atoms with Crippen LogP contribution in [0.25, 0.3) is 0 Å². The molecule has 2 aromatic carbocycles. The third-order valence-electron chi connectivity index (χ3n) is 6.32. The van der Waals surface area contributed by atoms with Crippen molar-refractivity contribution in [3.05, 3.63) is 64.7 Å². The van der Waals surface area contributed by atoms with Crippen molar-refractivity contribution in [3.8, 4) is 5.75 Å². The van der Waals surface area contributed by atoms with E-state index in [4.69, 9.17) is 9.84 Å². The molecule has 1 aliphatic rings. The number of quaternary nitrogens is 1. The Morgan fingerprint density at radius 3 is 2.35 bits per heavy atom. The summed E-state index contributed by atoms with van der Waals surface area (Å²) in [4.78, 5) is 23.6. The summed E-state index contributed by atoms with van der Waals surface area (Å²) in [5.41, 5.74) is 2.04. The highest BCUT2D eigenvalue weighted by Crippen LogP contribution is 2.27. The number of carboxylic acid groups (broad SMARTS) is 1. The van der Waals surface area contributed by atoms with Gasteiger partial charge in [0.1, 0.15) is 30.9 Å². The fourth-order valence-corrected chi connectivity index (χ4v) is 4.13. The van der Waals surface area contributed by atoms with Crippen molar-refractivity contribution in [3.63, 3.8) is 0 Å². The number of carboxylic acids is 1. The van der Waals surface area contributed by atoms with Crippen LogP contribution in [0.3, 0.4) is 0 Å². The van der Waals surface area contributed by atoms with Gasteiger partial charge < -0.3 is 34.8 Å². The summed E-state index contributed by atoms with van der Waals surface area (Å²) in [5, 5.41) is 41.5. The number of ether oxygens (including phenoxy) is 1. The van der Waals surface area contributed by atoms with Crippen molar-refractivity contribution in [1.82, 2.24) is 5.32 Å². The minimum absolute atomic E-state index is 0.0122. The van der Waals surface area contributed by atoms with Crippen LogP contribution in [0.1, 0.15) is 27.0 Å². The first-order valence-electron chi connectivity index (χ1n) is 11.3. The fourth-order valence-electron chi connectivity index (χ4n) is 4.13. The largest absolute Gasteiger partial charge is 0.507 e. The van der Waals surface area contributed by atoms with Gasteiger partial charge in [-0.05, 0) is 23.6 Å². The van der Waals surface area contributed by atoms with Crippen molar-refractivity contribution >= 4 is 19.0 Å². The molecule has 9 nitrogen and oxygen atoms in total. The number of para-hydroxylation sites is 1. The van der Waals surface area contributed by atoms with Crippen LogP contribution in [0.15, 0.2) is 42.5 Å². The highest BCUT2D eigenvalue weighted by Gasteiger charge is 2.27. The predicted molar refractivity (Wildman–Crippen MR) is 126 cm³/mol. The van der Waals surface area contributed by atoms with Crippen LogP contribution in [0.4, 0.5) is 0 Å². The van der Waals surface area contributed by atoms with E-state index in [1.165, 1.54) is 23.8 Å². The number of hydrogen-bond acceptors (Lipinski definition) is 6. The Kier molecular flexibility index (Phi) is 8.68. The van der Waals surface area contributed by atoms with Crippen molar-refractivity contribution in [2.24, 2.45) is 0 Å². The molecule has 34 heavy (non-hydrogen) atoms. The van der Waals surface area contributed by atoms with Crippen LogP contribution in [0.2, 0.25) is 5.82 Å². The summed E-state index contributed by atoms with van der Waals surface area (Å²) in [6, 6.07) is 12.2. The zero-order valence-corrected chi connectivity index (χ0v) is 19.3. The number of likely N-dealkylation sites (N-methyl/N-ethyl adjacent to an activating group) is 1. The molecule has 1 atom stereocenters. The van der Waals surface area contributed by atoms with Crippen molar-refractivity contribution in [2.45, 2.75) is 25.2 Å². The first kappa shape index (κ1) is 25.7. The molecule has 5 N–H and O–H groups in total. The van der Waals surface area contributed by atoms with Gasteiger partial charge in [0.05, 0.1) is 26.7 Å². The Labute approximate surface area is 199 Å². The fraction of sp³-hybridized carbons (Fsp3) is 0.417. The molecule has 1 fully saturated rings. The summed E-state index contributed by atoms with van der Waals surface area (Å²) in [6.07, 6.45) is 0.135. The number of nitrogens with one attached hydrogen (secondary N) is 1. The number of carbonyl (C=O) groups is 2. The summed E-state index contributed by atoms with van der Waals surface area (Å²) in [5.74, 6) is -2.78. The summed E-state index contributed by atoms with van der Waals surface area (Å²) in [7, 11) is 0.463. The number of rotatable bonds is 10. The Bertz CT molecular complexity index is 991. The summed E-state index contributed by atoms with van der Waals surface area (Å²) >= 11 is 0. The normalized spacial score (nSPS) is 16.0. The van der Waals surface area contributed by atoms with Gasteiger partial charge in [0.15, 0.2) is 0 Å². The Morgan fingerprint density at radius 1 is 1.09 bits per heavy atom. The number of hydrogen-bond donors (Lipinski definition) is 5. The molecule has 0 saturated carbocycles. The molecular weight excluding hydrogens is 439 g/mol. The Hall–Kier alpha value is -2.92. The van der Waals surface area contributed by atoms with Gasteiger partial charge in [-0.1, -0.05) is 36.4 Å². The van der Waals surface area contributed by atoms with E-state index in [9.17, 15) is 24.7 Å². The highest BCUT2D eigenvalue weighted by molar-refractivity contribution is 6.43. The molecule has 0 spiro atoms. The minimum Gasteiger partial charge on any atom is -0.507 e. The highest BCUT2D eigenvalue weighted by atomic mass is 16.5. The molecule has 0 radical (unpaired) electrons. The van der Waals surface area contributed by atoms with Crippen molar-refractivity contribution < 1.29 is 39.1 Å². The molecule has 0 unspecified atom stereocenters. The minimum atomic E-state index is -1.75. The first-order chi connectivity index (χ1) is 16.2. The van der Waals surface area contributed by atoms with Crippen LogP contribution in [0.5, 0.6) is 5.75 Å². The quantitative estimate of drug-likeness (QED) is 0.256. The van der Waals surface area contributed by atoms with E-state index < -0.39 is 24.7 Å². The molecular formula is C24H32BN2O7+. The number of aromatic hydroxyl groups is 1. The van der Waals surface area contributed by atoms with E-state index in [1.54, 1.807) is 0 Å². The van der Waals surface area contributed by atoms with E-state index in [0.29, 0.717) is 0 Å². The molecule has 0 bridgehead atoms. The average molecular weight is 471 g/mol. The zero-order chi connectivity index (χ0) is 24.7. The average Bonchev–Trinajstić information content (AvgIpc) is 2.79. The van der Waals surface area contributed by atoms with Crippen LogP contribution in [0, 0.1) is 0 Å². The summed E-state index contributed by atoms with van der Waals surface area (Å²) < 4.78 is 6.37. The lowest BCUT2D eigenvalue weighted by molar-refractivity contribution is -0.929. The molecule has 1 saturated heterocycles. The standard InChI is InChI=1S/C24H31BN2O7/c1-27(9-11-34-12-10-27)16-18-7-5-17(6-8-18)13-22(28)26-15-20(25(32)33)14-19-3-2-4-21(23(19)29)24(30)31/h2-8,20,32-33H,9-16H2,1H3,(H2-,26,28,29,30,31)/p+1/t20-/m1/s1. The van der Waals surface area contributed by atoms with Crippen LogP contribution in [-0.2, 0) is 28.9 Å². The maximum Gasteiger partial charge on any atom is 0.456 e. The molecule has 3 rings (SSSR count). The summed E-state index contributed by atoms with van der Waals surface area (Å²) in [6.45, 7) is 4.34. The lowest BCUT2D eigenvalue weighted by Crippen LogP contribution is -2.51. The monoisotopic (exact) mass is 471 g/mol.